The molecule has 1 aliphatic rings. The molecule has 7 nitrogen and oxygen atoms in total. The van der Waals surface area contributed by atoms with Crippen molar-refractivity contribution in [3.05, 3.63) is 53.0 Å². The van der Waals surface area contributed by atoms with E-state index in [4.69, 9.17) is 4.74 Å². The summed E-state index contributed by atoms with van der Waals surface area (Å²) in [6, 6.07) is 7.47. The van der Waals surface area contributed by atoms with Crippen molar-refractivity contribution in [2.75, 3.05) is 5.32 Å². The van der Waals surface area contributed by atoms with E-state index in [2.05, 4.69) is 15.3 Å². The molecule has 148 valence electrons. The SMILES string of the molecule is CC(=O)c1cccc([C@@H](C)Nc2ncnc3c2CN(C(=O)OC(C)(C)C)C3)c1. The number of fused-ring (bicyclic) bond motifs is 1. The molecule has 0 unspecified atom stereocenters. The lowest BCUT2D eigenvalue weighted by Crippen LogP contribution is -2.33. The lowest BCUT2D eigenvalue weighted by Gasteiger charge is -2.24. The maximum Gasteiger partial charge on any atom is 0.410 e. The molecular formula is C21H26N4O3. The van der Waals surface area contributed by atoms with E-state index in [1.807, 2.05) is 45.9 Å². The fraction of sp³-hybridized carbons (Fsp3) is 0.429. The van der Waals surface area contributed by atoms with Gasteiger partial charge in [0.25, 0.3) is 0 Å². The largest absolute Gasteiger partial charge is 0.444 e. The first-order chi connectivity index (χ1) is 13.1. The summed E-state index contributed by atoms with van der Waals surface area (Å²) in [6.45, 7) is 9.89. The number of amides is 1. The summed E-state index contributed by atoms with van der Waals surface area (Å²) in [5.74, 6) is 0.724. The van der Waals surface area contributed by atoms with Crippen molar-refractivity contribution in [3.8, 4) is 0 Å². The van der Waals surface area contributed by atoms with Crippen molar-refractivity contribution in [1.29, 1.82) is 0 Å². The second kappa shape index (κ2) is 7.58. The van der Waals surface area contributed by atoms with Crippen molar-refractivity contribution in [1.82, 2.24) is 14.9 Å². The van der Waals surface area contributed by atoms with Crippen LogP contribution in [-0.4, -0.2) is 32.3 Å². The van der Waals surface area contributed by atoms with Crippen LogP contribution in [0, 0.1) is 0 Å². The van der Waals surface area contributed by atoms with E-state index in [9.17, 15) is 9.59 Å². The van der Waals surface area contributed by atoms with Gasteiger partial charge in [-0.1, -0.05) is 18.2 Å². The molecule has 0 saturated carbocycles. The second-order valence-corrected chi connectivity index (χ2v) is 8.03. The van der Waals surface area contributed by atoms with Crippen LogP contribution in [0.2, 0.25) is 0 Å². The van der Waals surface area contributed by atoms with Crippen molar-refractivity contribution >= 4 is 17.7 Å². The summed E-state index contributed by atoms with van der Waals surface area (Å²) in [5, 5.41) is 3.39. The van der Waals surface area contributed by atoms with Crippen molar-refractivity contribution in [3.63, 3.8) is 0 Å². The van der Waals surface area contributed by atoms with E-state index in [0.29, 0.717) is 24.5 Å². The fourth-order valence-electron chi connectivity index (χ4n) is 3.07. The molecule has 1 amide bonds. The van der Waals surface area contributed by atoms with E-state index in [1.165, 1.54) is 6.33 Å². The highest BCUT2D eigenvalue weighted by molar-refractivity contribution is 5.94. The number of Topliss-reactive ketones (excluding diaryl/α,β-unsaturated/α-hetero) is 1. The number of benzene rings is 1. The number of nitrogens with zero attached hydrogens (tertiary/aromatic N) is 3. The first kappa shape index (κ1) is 19.8. The highest BCUT2D eigenvalue weighted by atomic mass is 16.6. The van der Waals surface area contributed by atoms with Gasteiger partial charge in [-0.3, -0.25) is 9.69 Å². The normalized spacial score (nSPS) is 14.4. The van der Waals surface area contributed by atoms with Gasteiger partial charge in [-0.2, -0.15) is 0 Å². The van der Waals surface area contributed by atoms with Crippen LogP contribution in [0.4, 0.5) is 10.6 Å². The monoisotopic (exact) mass is 382 g/mol. The Morgan fingerprint density at radius 1 is 1.21 bits per heavy atom. The van der Waals surface area contributed by atoms with Gasteiger partial charge in [0.15, 0.2) is 5.78 Å². The Labute approximate surface area is 165 Å². The summed E-state index contributed by atoms with van der Waals surface area (Å²) < 4.78 is 5.47. The Morgan fingerprint density at radius 3 is 2.64 bits per heavy atom. The summed E-state index contributed by atoms with van der Waals surface area (Å²) in [5.41, 5.74) is 2.82. The zero-order valence-electron chi connectivity index (χ0n) is 16.9. The van der Waals surface area contributed by atoms with Gasteiger partial charge in [-0.15, -0.1) is 0 Å². The second-order valence-electron chi connectivity index (χ2n) is 8.03. The standard InChI is InChI=1S/C21H26N4O3/c1-13(15-7-6-8-16(9-15)14(2)26)24-19-17-10-25(11-18(17)22-12-23-19)20(27)28-21(3,4)5/h6-9,12-13H,10-11H2,1-5H3,(H,22,23,24)/t13-/m1/s1. The number of carbonyl (C=O) groups is 2. The predicted octanol–water partition coefficient (Wildman–Crippen LogP) is 4.10. The molecule has 2 aromatic rings. The Morgan fingerprint density at radius 2 is 1.96 bits per heavy atom. The number of carbonyl (C=O) groups excluding carboxylic acids is 2. The Hall–Kier alpha value is -2.96. The van der Waals surface area contributed by atoms with Crippen LogP contribution in [0.15, 0.2) is 30.6 Å². The number of hydrogen-bond donors (Lipinski definition) is 1. The molecule has 0 fully saturated rings. The molecule has 0 saturated heterocycles. The van der Waals surface area contributed by atoms with Gasteiger partial charge in [-0.25, -0.2) is 14.8 Å². The molecule has 0 radical (unpaired) electrons. The third kappa shape index (κ3) is 4.47. The first-order valence-electron chi connectivity index (χ1n) is 9.32. The van der Waals surface area contributed by atoms with Gasteiger partial charge < -0.3 is 10.1 Å². The lowest BCUT2D eigenvalue weighted by atomic mass is 10.0. The van der Waals surface area contributed by atoms with Crippen LogP contribution in [0.1, 0.15) is 67.8 Å². The average Bonchev–Trinajstić information content (AvgIpc) is 3.06. The summed E-state index contributed by atoms with van der Waals surface area (Å²) in [4.78, 5) is 34.3. The van der Waals surface area contributed by atoms with Gasteiger partial charge in [-0.05, 0) is 46.2 Å². The van der Waals surface area contributed by atoms with Gasteiger partial charge in [0.2, 0.25) is 0 Å². The molecule has 3 rings (SSSR count). The summed E-state index contributed by atoms with van der Waals surface area (Å²) in [7, 11) is 0. The molecule has 1 N–H and O–H groups in total. The lowest BCUT2D eigenvalue weighted by molar-refractivity contribution is 0.0241. The minimum Gasteiger partial charge on any atom is -0.444 e. The van der Waals surface area contributed by atoms with E-state index >= 15 is 0 Å². The number of ketones is 1. The summed E-state index contributed by atoms with van der Waals surface area (Å²) in [6.07, 6.45) is 1.14. The number of nitrogens with one attached hydrogen (secondary N) is 1. The minimum absolute atomic E-state index is 0.0324. The Bertz CT molecular complexity index is 905. The zero-order chi connectivity index (χ0) is 20.5. The Balaban J connectivity index is 1.76. The van der Waals surface area contributed by atoms with E-state index in [1.54, 1.807) is 17.9 Å². The first-order valence-corrected chi connectivity index (χ1v) is 9.32. The maximum absolute atomic E-state index is 12.4. The third-order valence-corrected chi connectivity index (χ3v) is 4.52. The van der Waals surface area contributed by atoms with Crippen molar-refractivity contribution in [2.45, 2.75) is 59.4 Å². The summed E-state index contributed by atoms with van der Waals surface area (Å²) >= 11 is 0. The topological polar surface area (TPSA) is 84.4 Å². The van der Waals surface area contributed by atoms with Crippen LogP contribution < -0.4 is 5.32 Å². The maximum atomic E-state index is 12.4. The smallest absolute Gasteiger partial charge is 0.410 e. The Kier molecular flexibility index (Phi) is 5.36. The number of rotatable bonds is 4. The minimum atomic E-state index is -0.547. The number of aromatic nitrogens is 2. The number of anilines is 1. The average molecular weight is 382 g/mol. The molecule has 1 aromatic heterocycles. The van der Waals surface area contributed by atoms with E-state index in [0.717, 1.165) is 16.8 Å². The molecule has 7 heteroatoms. The van der Waals surface area contributed by atoms with Crippen molar-refractivity contribution in [2.24, 2.45) is 0 Å². The highest BCUT2D eigenvalue weighted by Gasteiger charge is 2.31. The van der Waals surface area contributed by atoms with E-state index < -0.39 is 5.60 Å². The molecule has 1 atom stereocenters. The highest BCUT2D eigenvalue weighted by Crippen LogP contribution is 2.29. The molecule has 28 heavy (non-hydrogen) atoms. The van der Waals surface area contributed by atoms with Crippen LogP contribution in [-0.2, 0) is 17.8 Å². The van der Waals surface area contributed by atoms with Gasteiger partial charge in [0, 0.05) is 17.2 Å². The van der Waals surface area contributed by atoms with E-state index in [-0.39, 0.29) is 17.9 Å². The van der Waals surface area contributed by atoms with Crippen LogP contribution >= 0.6 is 0 Å². The quantitative estimate of drug-likeness (QED) is 0.802. The predicted molar refractivity (Wildman–Crippen MR) is 106 cm³/mol. The van der Waals surface area contributed by atoms with Crippen molar-refractivity contribution < 1.29 is 14.3 Å². The number of ether oxygens (including phenoxy) is 1. The molecular weight excluding hydrogens is 356 g/mol. The molecule has 1 aromatic carbocycles. The number of hydrogen-bond acceptors (Lipinski definition) is 6. The van der Waals surface area contributed by atoms with Gasteiger partial charge in [0.1, 0.15) is 17.7 Å². The third-order valence-electron chi connectivity index (χ3n) is 4.52. The fourth-order valence-corrected chi connectivity index (χ4v) is 3.07. The van der Waals surface area contributed by atoms with Crippen LogP contribution in [0.5, 0.6) is 0 Å². The van der Waals surface area contributed by atoms with Gasteiger partial charge >= 0.3 is 6.09 Å². The van der Waals surface area contributed by atoms with Gasteiger partial charge in [0.05, 0.1) is 18.8 Å². The molecule has 0 bridgehead atoms. The molecule has 1 aliphatic heterocycles. The van der Waals surface area contributed by atoms with Crippen LogP contribution in [0.3, 0.4) is 0 Å². The molecule has 2 heterocycles. The molecule has 0 aliphatic carbocycles. The van der Waals surface area contributed by atoms with Crippen LogP contribution in [0.25, 0.3) is 0 Å². The molecule has 0 spiro atoms. The zero-order valence-corrected chi connectivity index (χ0v) is 16.9.